The molecule has 0 aromatic carbocycles. The van der Waals surface area contributed by atoms with Crippen molar-refractivity contribution in [3.63, 3.8) is 0 Å². The van der Waals surface area contributed by atoms with Crippen molar-refractivity contribution in [2.45, 2.75) is 49.6 Å². The Kier molecular flexibility index (Phi) is 4.63. The first-order chi connectivity index (χ1) is 8.68. The normalized spacial score (nSPS) is 16.9. The molecule has 0 spiro atoms. The molecule has 1 fully saturated rings. The van der Waals surface area contributed by atoms with Gasteiger partial charge in [-0.2, -0.15) is 0 Å². The highest BCUT2D eigenvalue weighted by molar-refractivity contribution is 7.99. The van der Waals surface area contributed by atoms with E-state index >= 15 is 0 Å². The number of carboxylic acid groups (broad SMARTS) is 1. The van der Waals surface area contributed by atoms with E-state index in [2.05, 4.69) is 10.2 Å². The largest absolute Gasteiger partial charge is 0.481 e. The van der Waals surface area contributed by atoms with Gasteiger partial charge in [-0.15, -0.1) is 10.2 Å². The minimum absolute atomic E-state index is 0.163. The quantitative estimate of drug-likeness (QED) is 0.831. The summed E-state index contributed by atoms with van der Waals surface area (Å²) < 4.78 is 2.03. The maximum Gasteiger partial charge on any atom is 0.304 e. The predicted octanol–water partition coefficient (Wildman–Crippen LogP) is 2.43. The number of aromatic nitrogens is 3. The van der Waals surface area contributed by atoms with Gasteiger partial charge in [0, 0.05) is 18.7 Å². The van der Waals surface area contributed by atoms with Crippen molar-refractivity contribution >= 4 is 17.7 Å². The molecular weight excluding hydrogens is 250 g/mol. The molecule has 1 aromatic rings. The van der Waals surface area contributed by atoms with E-state index in [1.54, 1.807) is 0 Å². The molecule has 1 aliphatic carbocycles. The van der Waals surface area contributed by atoms with E-state index in [1.165, 1.54) is 43.9 Å². The highest BCUT2D eigenvalue weighted by atomic mass is 32.2. The second-order valence-electron chi connectivity index (χ2n) is 4.73. The lowest BCUT2D eigenvalue weighted by molar-refractivity contribution is -0.136. The Morgan fingerprint density at radius 3 is 2.78 bits per heavy atom. The van der Waals surface area contributed by atoms with Gasteiger partial charge in [-0.25, -0.2) is 0 Å². The van der Waals surface area contributed by atoms with Crippen LogP contribution in [0.4, 0.5) is 0 Å². The third kappa shape index (κ3) is 3.25. The molecule has 2 rings (SSSR count). The van der Waals surface area contributed by atoms with E-state index in [0.29, 0.717) is 11.7 Å². The molecule has 1 N–H and O–H groups in total. The van der Waals surface area contributed by atoms with Gasteiger partial charge < -0.3 is 9.67 Å². The average Bonchev–Trinajstić information content (AvgIpc) is 2.72. The number of rotatable bonds is 5. The molecule has 1 aromatic heterocycles. The van der Waals surface area contributed by atoms with Crippen molar-refractivity contribution in [3.8, 4) is 0 Å². The number of hydrogen-bond acceptors (Lipinski definition) is 4. The van der Waals surface area contributed by atoms with E-state index in [-0.39, 0.29) is 6.42 Å². The smallest absolute Gasteiger partial charge is 0.304 e. The van der Waals surface area contributed by atoms with Gasteiger partial charge in [0.05, 0.1) is 6.42 Å². The Bertz CT molecular complexity index is 413. The summed E-state index contributed by atoms with van der Waals surface area (Å²) in [6, 6.07) is 0. The van der Waals surface area contributed by atoms with Crippen molar-refractivity contribution in [1.82, 2.24) is 14.8 Å². The zero-order valence-electron chi connectivity index (χ0n) is 10.6. The van der Waals surface area contributed by atoms with Gasteiger partial charge in [0.2, 0.25) is 0 Å². The third-order valence-corrected chi connectivity index (χ3v) is 4.41. The molecule has 1 aliphatic rings. The number of carboxylic acids is 1. The van der Waals surface area contributed by atoms with Gasteiger partial charge in [0.1, 0.15) is 5.82 Å². The van der Waals surface area contributed by atoms with Crippen LogP contribution in [0.3, 0.4) is 0 Å². The monoisotopic (exact) mass is 269 g/mol. The minimum atomic E-state index is -0.767. The van der Waals surface area contributed by atoms with Crippen LogP contribution in [0.2, 0.25) is 0 Å². The molecule has 100 valence electrons. The first-order valence-corrected chi connectivity index (χ1v) is 7.41. The number of nitrogens with zero attached hydrogens (tertiary/aromatic N) is 3. The van der Waals surface area contributed by atoms with E-state index in [1.807, 2.05) is 11.6 Å². The van der Waals surface area contributed by atoms with Gasteiger partial charge in [-0.1, -0.05) is 31.0 Å². The highest BCUT2D eigenvalue weighted by Crippen LogP contribution is 2.32. The number of carbonyl (C=O) groups is 1. The lowest BCUT2D eigenvalue weighted by Crippen LogP contribution is -2.10. The molecule has 0 amide bonds. The highest BCUT2D eigenvalue weighted by Gasteiger charge is 2.21. The van der Waals surface area contributed by atoms with Crippen LogP contribution in [-0.2, 0) is 11.8 Å². The summed E-state index contributed by atoms with van der Waals surface area (Å²) in [6.45, 7) is 0. The lowest BCUT2D eigenvalue weighted by Gasteiger charge is -2.20. The molecule has 0 radical (unpaired) electrons. The van der Waals surface area contributed by atoms with Crippen LogP contribution in [0.25, 0.3) is 0 Å². The molecule has 1 heterocycles. The fourth-order valence-corrected chi connectivity index (χ4v) is 3.24. The van der Waals surface area contributed by atoms with Crippen LogP contribution in [0.1, 0.15) is 50.3 Å². The number of aliphatic carboxylic acids is 1. The van der Waals surface area contributed by atoms with Crippen LogP contribution < -0.4 is 0 Å². The first kappa shape index (κ1) is 13.4. The summed E-state index contributed by atoms with van der Waals surface area (Å²) in [7, 11) is 1.98. The molecule has 0 saturated heterocycles. The Morgan fingerprint density at radius 1 is 1.39 bits per heavy atom. The summed E-state index contributed by atoms with van der Waals surface area (Å²) in [5.41, 5.74) is 0. The zero-order chi connectivity index (χ0) is 13.0. The third-order valence-electron chi connectivity index (χ3n) is 3.39. The molecular formula is C12H19N3O2S. The molecule has 0 bridgehead atoms. The van der Waals surface area contributed by atoms with Crippen molar-refractivity contribution in [2.75, 3.05) is 5.75 Å². The van der Waals surface area contributed by atoms with E-state index in [0.717, 1.165) is 11.0 Å². The van der Waals surface area contributed by atoms with Gasteiger partial charge in [-0.05, 0) is 12.8 Å². The van der Waals surface area contributed by atoms with Crippen LogP contribution in [0.15, 0.2) is 5.16 Å². The summed E-state index contributed by atoms with van der Waals surface area (Å²) >= 11 is 1.47. The molecule has 5 nitrogen and oxygen atoms in total. The summed E-state index contributed by atoms with van der Waals surface area (Å²) in [5, 5.41) is 17.9. The Balaban J connectivity index is 1.96. The second-order valence-corrected chi connectivity index (χ2v) is 5.79. The van der Waals surface area contributed by atoms with Crippen LogP contribution in [0.5, 0.6) is 0 Å². The van der Waals surface area contributed by atoms with Gasteiger partial charge in [-0.3, -0.25) is 4.79 Å². The Morgan fingerprint density at radius 2 is 2.11 bits per heavy atom. The van der Waals surface area contributed by atoms with Crippen molar-refractivity contribution in [2.24, 2.45) is 7.05 Å². The maximum absolute atomic E-state index is 10.5. The Labute approximate surface area is 111 Å². The zero-order valence-corrected chi connectivity index (χ0v) is 11.4. The fourth-order valence-electron chi connectivity index (χ4n) is 2.40. The van der Waals surface area contributed by atoms with Crippen LogP contribution in [-0.4, -0.2) is 31.6 Å². The molecule has 0 atom stereocenters. The number of thioether (sulfide) groups is 1. The molecule has 6 heteroatoms. The van der Waals surface area contributed by atoms with Gasteiger partial charge in [0.25, 0.3) is 0 Å². The van der Waals surface area contributed by atoms with E-state index < -0.39 is 5.97 Å². The van der Waals surface area contributed by atoms with Crippen molar-refractivity contribution in [1.29, 1.82) is 0 Å². The SMILES string of the molecule is Cn1c(SCCC(=O)O)nnc1C1CCCCC1. The molecule has 18 heavy (non-hydrogen) atoms. The standard InChI is InChI=1S/C12H19N3O2S/c1-15-11(9-5-3-2-4-6-9)13-14-12(15)18-8-7-10(16)17/h9H,2-8H2,1H3,(H,16,17). The summed E-state index contributed by atoms with van der Waals surface area (Å²) in [4.78, 5) is 10.5. The summed E-state index contributed by atoms with van der Waals surface area (Å²) in [5.74, 6) is 1.38. The van der Waals surface area contributed by atoms with Crippen LogP contribution >= 0.6 is 11.8 Å². The van der Waals surface area contributed by atoms with Gasteiger partial charge >= 0.3 is 5.97 Å². The predicted molar refractivity (Wildman–Crippen MR) is 69.8 cm³/mol. The first-order valence-electron chi connectivity index (χ1n) is 6.42. The Hall–Kier alpha value is -1.04. The fraction of sp³-hybridized carbons (Fsp3) is 0.750. The molecule has 1 saturated carbocycles. The van der Waals surface area contributed by atoms with Crippen LogP contribution in [0, 0.1) is 0 Å². The second kappa shape index (κ2) is 6.22. The van der Waals surface area contributed by atoms with Crippen molar-refractivity contribution in [3.05, 3.63) is 5.82 Å². The average molecular weight is 269 g/mol. The molecule has 0 unspecified atom stereocenters. The summed E-state index contributed by atoms with van der Waals surface area (Å²) in [6.07, 6.45) is 6.44. The van der Waals surface area contributed by atoms with E-state index in [4.69, 9.17) is 5.11 Å². The molecule has 0 aliphatic heterocycles. The lowest BCUT2D eigenvalue weighted by atomic mass is 9.89. The minimum Gasteiger partial charge on any atom is -0.481 e. The maximum atomic E-state index is 10.5. The number of hydrogen-bond donors (Lipinski definition) is 1. The van der Waals surface area contributed by atoms with Crippen molar-refractivity contribution < 1.29 is 9.90 Å². The van der Waals surface area contributed by atoms with E-state index in [9.17, 15) is 4.79 Å². The van der Waals surface area contributed by atoms with Gasteiger partial charge in [0.15, 0.2) is 5.16 Å². The topological polar surface area (TPSA) is 68.0 Å².